The van der Waals surface area contributed by atoms with E-state index in [4.69, 9.17) is 14.5 Å². The number of hydrogen-bond acceptors (Lipinski definition) is 10. The summed E-state index contributed by atoms with van der Waals surface area (Å²) in [6, 6.07) is 34.6. The molecular formula is C41H35Br2N9O3. The molecule has 14 heteroatoms. The molecule has 0 aliphatic carbocycles. The van der Waals surface area contributed by atoms with Crippen molar-refractivity contribution in [1.82, 2.24) is 34.4 Å². The fraction of sp³-hybridized carbons (Fsp3) is 0.0976. The summed E-state index contributed by atoms with van der Waals surface area (Å²) in [7, 11) is 5.84. The minimum Gasteiger partial charge on any atom is -0.457 e. The summed E-state index contributed by atoms with van der Waals surface area (Å²) in [6.45, 7) is 0.696. The first kappa shape index (κ1) is 37.2. The van der Waals surface area contributed by atoms with Crippen LogP contribution in [0.1, 0.15) is 16.2 Å². The van der Waals surface area contributed by atoms with E-state index in [1.165, 1.54) is 0 Å². The van der Waals surface area contributed by atoms with Crippen molar-refractivity contribution in [2.45, 2.75) is 6.54 Å². The smallest absolute Gasteiger partial charge is 0.208 e. The third-order valence-corrected chi connectivity index (χ3v) is 9.45. The quantitative estimate of drug-likeness (QED) is 0.108. The van der Waals surface area contributed by atoms with Gasteiger partial charge in [-0.2, -0.15) is 0 Å². The summed E-state index contributed by atoms with van der Waals surface area (Å²) in [5.41, 5.74) is 6.86. The summed E-state index contributed by atoms with van der Waals surface area (Å²) >= 11 is 6.88. The lowest BCUT2D eigenvalue weighted by molar-refractivity contribution is 0.111. The lowest BCUT2D eigenvalue weighted by Gasteiger charge is -2.07. The van der Waals surface area contributed by atoms with Crippen LogP contribution in [0.3, 0.4) is 0 Å². The van der Waals surface area contributed by atoms with Crippen molar-refractivity contribution in [3.63, 3.8) is 0 Å². The highest BCUT2D eigenvalue weighted by Gasteiger charge is 2.12. The van der Waals surface area contributed by atoms with Crippen molar-refractivity contribution < 1.29 is 14.3 Å². The van der Waals surface area contributed by atoms with E-state index in [0.717, 1.165) is 71.5 Å². The van der Waals surface area contributed by atoms with Gasteiger partial charge >= 0.3 is 0 Å². The molecule has 276 valence electrons. The van der Waals surface area contributed by atoms with E-state index >= 15 is 0 Å². The topological polar surface area (TPSA) is 133 Å². The first-order valence-electron chi connectivity index (χ1n) is 17.1. The Morgan fingerprint density at radius 3 is 1.58 bits per heavy atom. The number of benzene rings is 4. The van der Waals surface area contributed by atoms with Gasteiger partial charge in [-0.3, -0.25) is 14.8 Å². The number of anilines is 4. The highest BCUT2D eigenvalue weighted by Crippen LogP contribution is 2.30. The van der Waals surface area contributed by atoms with Gasteiger partial charge in [0.25, 0.3) is 0 Å². The molecule has 55 heavy (non-hydrogen) atoms. The van der Waals surface area contributed by atoms with Gasteiger partial charge in [0.1, 0.15) is 28.7 Å². The van der Waals surface area contributed by atoms with E-state index in [-0.39, 0.29) is 0 Å². The standard InChI is InChI=1S/C21H20BrN5O.C20H15BrN4O2/c1-23-13-16-11-18(9-10-24-16)28-17-7-8-20-19(12-17)26-21(27(20)2)25-15-5-3-14(22)4-6-15;1-25-19-7-6-16(27-17-8-9-22-15(10-17)12-26)11-18(19)24-20(25)23-14-4-2-13(21)3-5-14/h3-12,23H,13H2,1-2H3,(H,25,26);2-12H,1H3,(H,23,24). The van der Waals surface area contributed by atoms with Crippen LogP contribution in [0.15, 0.2) is 131 Å². The van der Waals surface area contributed by atoms with E-state index in [0.29, 0.717) is 30.0 Å². The molecule has 0 unspecified atom stereocenters. The van der Waals surface area contributed by atoms with Gasteiger partial charge in [0.15, 0.2) is 6.29 Å². The number of aryl methyl sites for hydroxylation is 2. The fourth-order valence-corrected chi connectivity index (χ4v) is 6.19. The van der Waals surface area contributed by atoms with Gasteiger partial charge in [0.2, 0.25) is 11.9 Å². The highest BCUT2D eigenvalue weighted by atomic mass is 79.9. The average Bonchev–Trinajstić information content (AvgIpc) is 3.67. The monoisotopic (exact) mass is 859 g/mol. The molecule has 4 heterocycles. The first-order chi connectivity index (χ1) is 26.7. The zero-order chi connectivity index (χ0) is 38.3. The van der Waals surface area contributed by atoms with Crippen LogP contribution in [-0.4, -0.2) is 42.4 Å². The number of aldehydes is 1. The van der Waals surface area contributed by atoms with Crippen LogP contribution in [-0.2, 0) is 20.6 Å². The number of carbonyl (C=O) groups is 1. The number of imidazole rings is 2. The summed E-state index contributed by atoms with van der Waals surface area (Å²) in [5.74, 6) is 4.19. The minimum absolute atomic E-state index is 0.326. The number of nitrogens with zero attached hydrogens (tertiary/aromatic N) is 6. The molecule has 8 rings (SSSR count). The highest BCUT2D eigenvalue weighted by molar-refractivity contribution is 9.10. The molecule has 0 aliphatic heterocycles. The number of rotatable bonds is 11. The fourth-order valence-electron chi connectivity index (χ4n) is 5.66. The Bertz CT molecular complexity index is 2590. The van der Waals surface area contributed by atoms with E-state index in [2.05, 4.69) is 62.8 Å². The SMILES string of the molecule is CNCc1cc(Oc2ccc3c(c2)nc(Nc2ccc(Br)cc2)n3C)ccn1.Cn1c(Nc2ccc(Br)cc2)nc2cc(Oc3ccnc(C=O)c3)ccc21. The number of halogens is 2. The van der Waals surface area contributed by atoms with Crippen LogP contribution in [0.25, 0.3) is 22.1 Å². The third kappa shape index (κ3) is 9.18. The summed E-state index contributed by atoms with van der Waals surface area (Å²) < 4.78 is 17.9. The van der Waals surface area contributed by atoms with Gasteiger partial charge in [0.05, 0.1) is 27.8 Å². The van der Waals surface area contributed by atoms with Crippen LogP contribution < -0.4 is 25.4 Å². The van der Waals surface area contributed by atoms with E-state index in [9.17, 15) is 4.79 Å². The summed E-state index contributed by atoms with van der Waals surface area (Å²) in [4.78, 5) is 28.5. The maximum Gasteiger partial charge on any atom is 0.208 e. The van der Waals surface area contributed by atoms with Gasteiger partial charge in [-0.15, -0.1) is 0 Å². The van der Waals surface area contributed by atoms with Crippen LogP contribution >= 0.6 is 31.9 Å². The zero-order valence-corrected chi connectivity index (χ0v) is 33.2. The van der Waals surface area contributed by atoms with Crippen molar-refractivity contribution in [2.24, 2.45) is 14.1 Å². The molecule has 0 spiro atoms. The van der Waals surface area contributed by atoms with Crippen molar-refractivity contribution in [3.8, 4) is 23.0 Å². The normalized spacial score (nSPS) is 10.9. The molecule has 8 aromatic rings. The van der Waals surface area contributed by atoms with Crippen LogP contribution in [0.2, 0.25) is 0 Å². The molecule has 0 fully saturated rings. The number of carbonyl (C=O) groups excluding carboxylic acids is 1. The predicted octanol–water partition coefficient (Wildman–Crippen LogP) is 10.1. The molecule has 0 atom stereocenters. The average molecular weight is 862 g/mol. The Morgan fingerprint density at radius 1 is 0.618 bits per heavy atom. The zero-order valence-electron chi connectivity index (χ0n) is 30.0. The molecular weight excluding hydrogens is 826 g/mol. The molecule has 0 aliphatic rings. The van der Waals surface area contributed by atoms with Crippen molar-refractivity contribution in [2.75, 3.05) is 17.7 Å². The molecule has 0 radical (unpaired) electrons. The summed E-state index contributed by atoms with van der Waals surface area (Å²) in [6.07, 6.45) is 3.98. The molecule has 3 N–H and O–H groups in total. The third-order valence-electron chi connectivity index (χ3n) is 8.40. The Labute approximate surface area is 333 Å². The van der Waals surface area contributed by atoms with E-state index < -0.39 is 0 Å². The van der Waals surface area contributed by atoms with Crippen molar-refractivity contribution in [3.05, 3.63) is 142 Å². The number of fused-ring (bicyclic) bond motifs is 2. The lowest BCUT2D eigenvalue weighted by atomic mass is 10.3. The molecule has 4 aromatic heterocycles. The van der Waals surface area contributed by atoms with Gasteiger partial charge < -0.3 is 34.6 Å². The van der Waals surface area contributed by atoms with Crippen molar-refractivity contribution in [1.29, 1.82) is 0 Å². The Kier molecular flexibility index (Phi) is 11.5. The van der Waals surface area contributed by atoms with Gasteiger partial charge in [-0.05, 0) is 92.0 Å². The number of aromatic nitrogens is 6. The van der Waals surface area contributed by atoms with E-state index in [1.807, 2.05) is 127 Å². The molecule has 0 saturated carbocycles. The Morgan fingerprint density at radius 2 is 1.09 bits per heavy atom. The lowest BCUT2D eigenvalue weighted by Crippen LogP contribution is -2.06. The molecule has 0 bridgehead atoms. The van der Waals surface area contributed by atoms with Crippen LogP contribution in [0.5, 0.6) is 23.0 Å². The molecule has 4 aromatic carbocycles. The molecule has 0 amide bonds. The predicted molar refractivity (Wildman–Crippen MR) is 223 cm³/mol. The number of nitrogens with one attached hydrogen (secondary N) is 3. The van der Waals surface area contributed by atoms with Gasteiger partial charge in [-0.25, -0.2) is 9.97 Å². The van der Waals surface area contributed by atoms with Gasteiger partial charge in [0, 0.05) is 77.6 Å². The Balaban J connectivity index is 0.000000169. The molecule has 0 saturated heterocycles. The minimum atomic E-state index is 0.326. The largest absolute Gasteiger partial charge is 0.457 e. The number of ether oxygens (including phenoxy) is 2. The van der Waals surface area contributed by atoms with Crippen molar-refractivity contribution >= 4 is 83.5 Å². The van der Waals surface area contributed by atoms with Gasteiger partial charge in [-0.1, -0.05) is 31.9 Å². The first-order valence-corrected chi connectivity index (χ1v) is 18.7. The maximum absolute atomic E-state index is 10.9. The summed E-state index contributed by atoms with van der Waals surface area (Å²) in [5, 5.41) is 9.76. The maximum atomic E-state index is 10.9. The second-order valence-corrected chi connectivity index (χ2v) is 14.1. The second-order valence-electron chi connectivity index (χ2n) is 12.3. The Hall–Kier alpha value is -6.09. The van der Waals surface area contributed by atoms with Crippen LogP contribution in [0.4, 0.5) is 23.3 Å². The molecule has 12 nitrogen and oxygen atoms in total. The van der Waals surface area contributed by atoms with E-state index in [1.54, 1.807) is 24.5 Å². The second kappa shape index (κ2) is 16.9. The number of hydrogen-bond donors (Lipinski definition) is 3. The number of pyridine rings is 2. The van der Waals surface area contributed by atoms with Crippen LogP contribution in [0, 0.1) is 0 Å².